The van der Waals surface area contributed by atoms with Crippen molar-refractivity contribution < 1.29 is 17.6 Å². The van der Waals surface area contributed by atoms with Gasteiger partial charge in [-0.2, -0.15) is 0 Å². The summed E-state index contributed by atoms with van der Waals surface area (Å²) in [6.07, 6.45) is 1.57. The van der Waals surface area contributed by atoms with Crippen molar-refractivity contribution in [1.82, 2.24) is 9.62 Å². The van der Waals surface area contributed by atoms with Crippen LogP contribution in [0.4, 0.5) is 10.1 Å². The molecule has 2 aromatic rings. The number of piperidine rings is 1. The number of halogens is 1. The molecule has 150 valence electrons. The molecule has 2 aromatic carbocycles. The number of nitrogens with one attached hydrogen (secondary N) is 1. The van der Waals surface area contributed by atoms with Crippen molar-refractivity contribution in [2.45, 2.75) is 23.8 Å². The van der Waals surface area contributed by atoms with Gasteiger partial charge in [-0.25, -0.2) is 17.5 Å². The minimum Gasteiger partial charge on any atom is -0.371 e. The number of rotatable bonds is 5. The average Bonchev–Trinajstić information content (AvgIpc) is 2.73. The Morgan fingerprint density at radius 3 is 2.39 bits per heavy atom. The van der Waals surface area contributed by atoms with Crippen LogP contribution in [0, 0.1) is 5.82 Å². The second kappa shape index (κ2) is 8.28. The van der Waals surface area contributed by atoms with Crippen molar-refractivity contribution in [2.24, 2.45) is 0 Å². The van der Waals surface area contributed by atoms with E-state index in [2.05, 4.69) is 9.62 Å². The maximum atomic E-state index is 13.1. The zero-order chi connectivity index (χ0) is 20.3. The highest BCUT2D eigenvalue weighted by Crippen LogP contribution is 2.23. The first-order valence-corrected chi connectivity index (χ1v) is 10.6. The summed E-state index contributed by atoms with van der Waals surface area (Å²) in [6, 6.07) is 12.5. The fourth-order valence-electron chi connectivity index (χ4n) is 3.45. The molecule has 28 heavy (non-hydrogen) atoms. The van der Waals surface area contributed by atoms with Crippen LogP contribution in [0.25, 0.3) is 0 Å². The van der Waals surface area contributed by atoms with Gasteiger partial charge < -0.3 is 9.80 Å². The molecule has 0 unspecified atom stereocenters. The molecule has 1 saturated heterocycles. The Balaban J connectivity index is 1.66. The Bertz CT molecular complexity index is 939. The summed E-state index contributed by atoms with van der Waals surface area (Å²) >= 11 is 0. The van der Waals surface area contributed by atoms with Gasteiger partial charge in [0.2, 0.25) is 10.0 Å². The monoisotopic (exact) mass is 405 g/mol. The molecule has 1 aliphatic rings. The molecule has 8 heteroatoms. The van der Waals surface area contributed by atoms with Crippen LogP contribution in [-0.2, 0) is 10.0 Å². The van der Waals surface area contributed by atoms with E-state index in [0.29, 0.717) is 5.56 Å². The van der Waals surface area contributed by atoms with Crippen LogP contribution in [-0.4, -0.2) is 52.5 Å². The Labute approximate surface area is 165 Å². The summed E-state index contributed by atoms with van der Waals surface area (Å²) in [5, 5.41) is 0. The maximum Gasteiger partial charge on any atom is 0.253 e. The van der Waals surface area contributed by atoms with Crippen LogP contribution in [0.5, 0.6) is 0 Å². The Morgan fingerprint density at radius 1 is 1.14 bits per heavy atom. The summed E-state index contributed by atoms with van der Waals surface area (Å²) in [5.74, 6) is -0.458. The molecule has 0 atom stereocenters. The van der Waals surface area contributed by atoms with E-state index in [-0.39, 0.29) is 22.7 Å². The van der Waals surface area contributed by atoms with E-state index in [0.717, 1.165) is 31.6 Å². The molecule has 1 amide bonds. The molecule has 1 heterocycles. The van der Waals surface area contributed by atoms with Crippen LogP contribution < -0.4 is 9.62 Å². The zero-order valence-corrected chi connectivity index (χ0v) is 16.7. The van der Waals surface area contributed by atoms with E-state index in [4.69, 9.17) is 0 Å². The highest BCUT2D eigenvalue weighted by molar-refractivity contribution is 7.89. The van der Waals surface area contributed by atoms with Gasteiger partial charge in [-0.15, -0.1) is 0 Å². The lowest BCUT2D eigenvalue weighted by molar-refractivity contribution is 0.0709. The third-order valence-electron chi connectivity index (χ3n) is 5.18. The number of sulfonamides is 1. The third kappa shape index (κ3) is 4.34. The molecule has 0 spiro atoms. The minimum atomic E-state index is -3.60. The number of carbonyl (C=O) groups is 1. The number of carbonyl (C=O) groups excluding carboxylic acids is 1. The molecule has 0 radical (unpaired) electrons. The maximum absolute atomic E-state index is 13.1. The van der Waals surface area contributed by atoms with Crippen LogP contribution in [0.3, 0.4) is 0 Å². The number of hydrogen-bond acceptors (Lipinski definition) is 4. The van der Waals surface area contributed by atoms with E-state index in [1.165, 1.54) is 31.3 Å². The Kier molecular flexibility index (Phi) is 6.00. The van der Waals surface area contributed by atoms with Gasteiger partial charge in [-0.05, 0) is 62.4 Å². The molecule has 6 nitrogen and oxygen atoms in total. The van der Waals surface area contributed by atoms with Crippen molar-refractivity contribution >= 4 is 21.6 Å². The van der Waals surface area contributed by atoms with Gasteiger partial charge in [-0.1, -0.05) is 6.07 Å². The smallest absolute Gasteiger partial charge is 0.253 e. The SMILES string of the molecule is CNS(=O)(=O)c1cccc(C(=O)N(C)C2CCN(c3ccc(F)cc3)CC2)c1. The van der Waals surface area contributed by atoms with Crippen molar-refractivity contribution in [3.63, 3.8) is 0 Å². The molecule has 1 fully saturated rings. The Morgan fingerprint density at radius 2 is 1.79 bits per heavy atom. The Hall–Kier alpha value is -2.45. The van der Waals surface area contributed by atoms with Crippen LogP contribution in [0.2, 0.25) is 0 Å². The summed E-state index contributed by atoms with van der Waals surface area (Å²) in [4.78, 5) is 16.8. The van der Waals surface area contributed by atoms with Crippen LogP contribution >= 0.6 is 0 Å². The van der Waals surface area contributed by atoms with E-state index in [1.807, 2.05) is 0 Å². The zero-order valence-electron chi connectivity index (χ0n) is 15.9. The van der Waals surface area contributed by atoms with Gasteiger partial charge in [0.05, 0.1) is 4.90 Å². The van der Waals surface area contributed by atoms with Gasteiger partial charge in [-0.3, -0.25) is 4.79 Å². The van der Waals surface area contributed by atoms with Gasteiger partial charge >= 0.3 is 0 Å². The highest BCUT2D eigenvalue weighted by atomic mass is 32.2. The fourth-order valence-corrected chi connectivity index (χ4v) is 4.22. The topological polar surface area (TPSA) is 69.7 Å². The molecule has 0 saturated carbocycles. The molecule has 1 aliphatic heterocycles. The predicted octanol–water partition coefficient (Wildman–Crippen LogP) is 2.47. The summed E-state index contributed by atoms with van der Waals surface area (Å²) in [5.41, 5.74) is 1.32. The first-order valence-electron chi connectivity index (χ1n) is 9.13. The molecule has 0 aromatic heterocycles. The third-order valence-corrected chi connectivity index (χ3v) is 6.60. The number of nitrogens with zero attached hydrogens (tertiary/aromatic N) is 2. The highest BCUT2D eigenvalue weighted by Gasteiger charge is 2.26. The standard InChI is InChI=1S/C20H24FN3O3S/c1-22-28(26,27)19-5-3-4-15(14-19)20(25)23(2)17-10-12-24(13-11-17)18-8-6-16(21)7-9-18/h3-9,14,17,22H,10-13H2,1-2H3. The van der Waals surface area contributed by atoms with Crippen LogP contribution in [0.15, 0.2) is 53.4 Å². The van der Waals surface area contributed by atoms with Gasteiger partial charge in [0.1, 0.15) is 5.82 Å². The largest absolute Gasteiger partial charge is 0.371 e. The number of hydrogen-bond donors (Lipinski definition) is 1. The van der Waals surface area contributed by atoms with Crippen molar-refractivity contribution in [1.29, 1.82) is 0 Å². The second-order valence-electron chi connectivity index (χ2n) is 6.85. The normalized spacial score (nSPS) is 15.5. The van der Waals surface area contributed by atoms with Crippen molar-refractivity contribution in [3.05, 3.63) is 59.9 Å². The fraction of sp³-hybridized carbons (Fsp3) is 0.350. The molecule has 1 N–H and O–H groups in total. The van der Waals surface area contributed by atoms with Crippen molar-refractivity contribution in [3.8, 4) is 0 Å². The van der Waals surface area contributed by atoms with Gasteiger partial charge in [0.25, 0.3) is 5.91 Å². The molecule has 0 bridgehead atoms. The first kappa shape index (κ1) is 20.3. The second-order valence-corrected chi connectivity index (χ2v) is 8.73. The molecular weight excluding hydrogens is 381 g/mol. The number of amides is 1. The van der Waals surface area contributed by atoms with E-state index >= 15 is 0 Å². The summed E-state index contributed by atoms with van der Waals surface area (Å²) in [6.45, 7) is 1.53. The lowest BCUT2D eigenvalue weighted by atomic mass is 10.0. The summed E-state index contributed by atoms with van der Waals surface area (Å²) < 4.78 is 39.3. The molecule has 3 rings (SSSR count). The van der Waals surface area contributed by atoms with Gasteiger partial charge in [0, 0.05) is 37.4 Å². The van der Waals surface area contributed by atoms with E-state index in [1.54, 1.807) is 36.2 Å². The average molecular weight is 405 g/mol. The van der Waals surface area contributed by atoms with Crippen LogP contribution in [0.1, 0.15) is 23.2 Å². The summed E-state index contributed by atoms with van der Waals surface area (Å²) in [7, 11) is -0.512. The minimum absolute atomic E-state index is 0.0637. The number of anilines is 1. The van der Waals surface area contributed by atoms with E-state index in [9.17, 15) is 17.6 Å². The van der Waals surface area contributed by atoms with Gasteiger partial charge in [0.15, 0.2) is 0 Å². The first-order chi connectivity index (χ1) is 13.3. The lowest BCUT2D eigenvalue weighted by Gasteiger charge is -2.38. The lowest BCUT2D eigenvalue weighted by Crippen LogP contribution is -2.45. The predicted molar refractivity (Wildman–Crippen MR) is 106 cm³/mol. The van der Waals surface area contributed by atoms with E-state index < -0.39 is 10.0 Å². The molecule has 0 aliphatic carbocycles. The number of benzene rings is 2. The quantitative estimate of drug-likeness (QED) is 0.830. The molecular formula is C20H24FN3O3S. The van der Waals surface area contributed by atoms with Crippen molar-refractivity contribution in [2.75, 3.05) is 32.1 Å².